The highest BCUT2D eigenvalue weighted by molar-refractivity contribution is 7.99. The van der Waals surface area contributed by atoms with Crippen LogP contribution in [0.5, 0.6) is 0 Å². The van der Waals surface area contributed by atoms with E-state index in [4.69, 9.17) is 0 Å². The first-order valence-corrected chi connectivity index (χ1v) is 9.40. The molecule has 0 radical (unpaired) electrons. The van der Waals surface area contributed by atoms with Gasteiger partial charge in [-0.2, -0.15) is 11.8 Å². The van der Waals surface area contributed by atoms with Gasteiger partial charge in [-0.3, -0.25) is 4.79 Å². The van der Waals surface area contributed by atoms with Crippen molar-refractivity contribution in [2.75, 3.05) is 23.8 Å². The van der Waals surface area contributed by atoms with Crippen molar-refractivity contribution in [1.29, 1.82) is 0 Å². The summed E-state index contributed by atoms with van der Waals surface area (Å²) in [4.78, 5) is 12.9. The smallest absolute Gasteiger partial charge is 0.222 e. The van der Waals surface area contributed by atoms with Crippen LogP contribution in [0.25, 0.3) is 0 Å². The molecule has 122 valence electrons. The van der Waals surface area contributed by atoms with Gasteiger partial charge in [0.2, 0.25) is 5.91 Å². The maximum absolute atomic E-state index is 13.8. The van der Waals surface area contributed by atoms with Crippen molar-refractivity contribution in [1.82, 2.24) is 10.6 Å². The molecule has 0 aliphatic carbocycles. The van der Waals surface area contributed by atoms with Crippen molar-refractivity contribution in [3.05, 3.63) is 29.6 Å². The van der Waals surface area contributed by atoms with Crippen molar-refractivity contribution in [2.45, 2.75) is 29.8 Å². The fraction of sp³-hybridized carbons (Fsp3) is 0.533. The van der Waals surface area contributed by atoms with Gasteiger partial charge >= 0.3 is 0 Å². The summed E-state index contributed by atoms with van der Waals surface area (Å²) in [6.45, 7) is 0.969. The van der Waals surface area contributed by atoms with Crippen LogP contribution in [0.15, 0.2) is 23.1 Å². The summed E-state index contributed by atoms with van der Waals surface area (Å²) in [5.41, 5.74) is 0.922. The Balaban J connectivity index is 0.00000176. The molecule has 0 saturated carbocycles. The number of amides is 1. The van der Waals surface area contributed by atoms with Gasteiger partial charge in [-0.05, 0) is 18.1 Å². The fourth-order valence-electron chi connectivity index (χ4n) is 2.76. The number of hydrogen-bond acceptors (Lipinski definition) is 4. The average molecular weight is 363 g/mol. The van der Waals surface area contributed by atoms with E-state index in [1.54, 1.807) is 6.07 Å². The number of benzene rings is 1. The molecule has 2 atom stereocenters. The third kappa shape index (κ3) is 4.31. The van der Waals surface area contributed by atoms with Crippen LogP contribution in [-0.2, 0) is 4.79 Å². The monoisotopic (exact) mass is 362 g/mol. The zero-order chi connectivity index (χ0) is 14.7. The minimum atomic E-state index is -0.179. The highest BCUT2D eigenvalue weighted by atomic mass is 35.5. The van der Waals surface area contributed by atoms with E-state index < -0.39 is 0 Å². The third-order valence-electron chi connectivity index (χ3n) is 3.79. The quantitative estimate of drug-likeness (QED) is 0.867. The van der Waals surface area contributed by atoms with Crippen LogP contribution in [0.3, 0.4) is 0 Å². The van der Waals surface area contributed by atoms with E-state index in [9.17, 15) is 9.18 Å². The van der Waals surface area contributed by atoms with Crippen molar-refractivity contribution >= 4 is 41.8 Å². The van der Waals surface area contributed by atoms with Crippen LogP contribution < -0.4 is 10.6 Å². The van der Waals surface area contributed by atoms with Gasteiger partial charge in [0.15, 0.2) is 0 Å². The predicted molar refractivity (Wildman–Crippen MR) is 93.6 cm³/mol. The summed E-state index contributed by atoms with van der Waals surface area (Å²) in [5, 5.41) is 6.45. The SMILES string of the molecule is Cl.O=C(CC1CSCCN1)NC1CCSc2c(F)cccc21. The summed E-state index contributed by atoms with van der Waals surface area (Å²) in [5.74, 6) is 2.82. The number of carbonyl (C=O) groups is 1. The molecule has 3 nitrogen and oxygen atoms in total. The second-order valence-electron chi connectivity index (χ2n) is 5.35. The molecular weight excluding hydrogens is 343 g/mol. The first-order valence-electron chi connectivity index (χ1n) is 7.26. The molecule has 0 spiro atoms. The van der Waals surface area contributed by atoms with Crippen molar-refractivity contribution < 1.29 is 9.18 Å². The molecule has 2 aliphatic heterocycles. The molecule has 3 rings (SSSR count). The highest BCUT2D eigenvalue weighted by Crippen LogP contribution is 2.37. The standard InChI is InChI=1S/C15H19FN2OS2.ClH/c16-12-3-1-2-11-13(4-6-21-15(11)12)18-14(19)8-10-9-20-7-5-17-10;/h1-3,10,13,17H,4-9H2,(H,18,19);1H. The lowest BCUT2D eigenvalue weighted by molar-refractivity contribution is -0.122. The molecule has 2 N–H and O–H groups in total. The molecule has 22 heavy (non-hydrogen) atoms. The van der Waals surface area contributed by atoms with Gasteiger partial charge in [-0.15, -0.1) is 24.2 Å². The van der Waals surface area contributed by atoms with Gasteiger partial charge in [0.25, 0.3) is 0 Å². The van der Waals surface area contributed by atoms with Gasteiger partial charge in [-0.1, -0.05) is 12.1 Å². The van der Waals surface area contributed by atoms with E-state index >= 15 is 0 Å². The second-order valence-corrected chi connectivity index (χ2v) is 7.60. The molecule has 1 aromatic carbocycles. The Kier molecular flexibility index (Phi) is 6.87. The average Bonchev–Trinajstić information content (AvgIpc) is 2.49. The lowest BCUT2D eigenvalue weighted by atomic mass is 10.0. The summed E-state index contributed by atoms with van der Waals surface area (Å²) in [6.07, 6.45) is 1.36. The molecule has 0 bridgehead atoms. The highest BCUT2D eigenvalue weighted by Gasteiger charge is 2.25. The van der Waals surface area contributed by atoms with Crippen LogP contribution in [-0.4, -0.2) is 35.8 Å². The van der Waals surface area contributed by atoms with E-state index in [0.717, 1.165) is 35.8 Å². The van der Waals surface area contributed by atoms with Gasteiger partial charge < -0.3 is 10.6 Å². The number of fused-ring (bicyclic) bond motifs is 1. The van der Waals surface area contributed by atoms with Crippen molar-refractivity contribution in [3.8, 4) is 0 Å². The van der Waals surface area contributed by atoms with Crippen LogP contribution in [0.1, 0.15) is 24.4 Å². The number of rotatable bonds is 3. The molecule has 1 saturated heterocycles. The Bertz CT molecular complexity index is 526. The molecule has 2 unspecified atom stereocenters. The molecule has 0 aromatic heterocycles. The Hall–Kier alpha value is -0.430. The van der Waals surface area contributed by atoms with Gasteiger partial charge in [0, 0.05) is 41.2 Å². The van der Waals surface area contributed by atoms with E-state index in [-0.39, 0.29) is 36.2 Å². The second kappa shape index (κ2) is 8.43. The lowest BCUT2D eigenvalue weighted by Crippen LogP contribution is -2.42. The fourth-order valence-corrected chi connectivity index (χ4v) is 4.85. The van der Waals surface area contributed by atoms with E-state index in [1.165, 1.54) is 17.8 Å². The zero-order valence-corrected chi connectivity index (χ0v) is 14.6. The molecule has 1 fully saturated rings. The van der Waals surface area contributed by atoms with Crippen molar-refractivity contribution in [3.63, 3.8) is 0 Å². The predicted octanol–water partition coefficient (Wildman–Crippen LogP) is 3.00. The normalized spacial score (nSPS) is 24.0. The van der Waals surface area contributed by atoms with Gasteiger partial charge in [0.05, 0.1) is 6.04 Å². The molecule has 7 heteroatoms. The maximum Gasteiger partial charge on any atom is 0.222 e. The van der Waals surface area contributed by atoms with Crippen LogP contribution >= 0.6 is 35.9 Å². The first-order chi connectivity index (χ1) is 10.2. The maximum atomic E-state index is 13.8. The van der Waals surface area contributed by atoms with E-state index in [0.29, 0.717) is 11.3 Å². The Labute approximate surface area is 145 Å². The number of nitrogens with one attached hydrogen (secondary N) is 2. The molecule has 1 aromatic rings. The van der Waals surface area contributed by atoms with E-state index in [2.05, 4.69) is 10.6 Å². The Morgan fingerprint density at radius 1 is 1.41 bits per heavy atom. The topological polar surface area (TPSA) is 41.1 Å². The number of carbonyl (C=O) groups excluding carboxylic acids is 1. The molecule has 2 aliphatic rings. The van der Waals surface area contributed by atoms with Gasteiger partial charge in [0.1, 0.15) is 5.82 Å². The summed E-state index contributed by atoms with van der Waals surface area (Å²) in [6, 6.07) is 5.33. The first kappa shape index (κ1) is 17.9. The van der Waals surface area contributed by atoms with Crippen LogP contribution in [0.2, 0.25) is 0 Å². The number of hydrogen-bond donors (Lipinski definition) is 2. The summed E-state index contributed by atoms with van der Waals surface area (Å²) in [7, 11) is 0. The van der Waals surface area contributed by atoms with Crippen molar-refractivity contribution in [2.24, 2.45) is 0 Å². The minimum Gasteiger partial charge on any atom is -0.349 e. The summed E-state index contributed by atoms with van der Waals surface area (Å²) >= 11 is 3.43. The van der Waals surface area contributed by atoms with E-state index in [1.807, 2.05) is 17.8 Å². The largest absolute Gasteiger partial charge is 0.349 e. The van der Waals surface area contributed by atoms with Crippen LogP contribution in [0, 0.1) is 5.82 Å². The Morgan fingerprint density at radius 2 is 2.27 bits per heavy atom. The molecular formula is C15H20ClFN2OS2. The molecule has 1 amide bonds. The summed E-state index contributed by atoms with van der Waals surface area (Å²) < 4.78 is 13.8. The van der Waals surface area contributed by atoms with Gasteiger partial charge in [-0.25, -0.2) is 4.39 Å². The van der Waals surface area contributed by atoms with Crippen LogP contribution in [0.4, 0.5) is 4.39 Å². The lowest BCUT2D eigenvalue weighted by Gasteiger charge is -2.28. The molecule has 2 heterocycles. The number of halogens is 2. The Morgan fingerprint density at radius 3 is 3.05 bits per heavy atom. The minimum absolute atomic E-state index is 0. The number of thioether (sulfide) groups is 2. The zero-order valence-electron chi connectivity index (χ0n) is 12.1. The third-order valence-corrected chi connectivity index (χ3v) is 6.08.